The van der Waals surface area contributed by atoms with Gasteiger partial charge >= 0.3 is 0 Å². The molecule has 0 saturated carbocycles. The molecule has 3 nitrogen and oxygen atoms in total. The molecule has 1 aromatic carbocycles. The highest BCUT2D eigenvalue weighted by Crippen LogP contribution is 2.35. The molecule has 0 atom stereocenters. The standard InChI is InChI=1S/C12H14O3/c1-12(2)11(14-8-13)7-9-5-3-4-6-10(9)15-12/h3-7,13H,8H2,1-2H3. The van der Waals surface area contributed by atoms with Gasteiger partial charge in [-0.15, -0.1) is 0 Å². The Balaban J connectivity index is 2.42. The van der Waals surface area contributed by atoms with Crippen molar-refractivity contribution in [2.45, 2.75) is 19.4 Å². The van der Waals surface area contributed by atoms with Crippen LogP contribution in [0, 0.1) is 0 Å². The largest absolute Gasteiger partial charge is 0.479 e. The normalized spacial score (nSPS) is 17.4. The molecule has 0 spiro atoms. The predicted molar refractivity (Wildman–Crippen MR) is 57.3 cm³/mol. The zero-order valence-electron chi connectivity index (χ0n) is 8.86. The summed E-state index contributed by atoms with van der Waals surface area (Å²) in [4.78, 5) is 0. The summed E-state index contributed by atoms with van der Waals surface area (Å²) in [6.45, 7) is 3.48. The molecule has 2 rings (SSSR count). The van der Waals surface area contributed by atoms with Crippen LogP contribution in [0.25, 0.3) is 6.08 Å². The smallest absolute Gasteiger partial charge is 0.186 e. The van der Waals surface area contributed by atoms with Crippen molar-refractivity contribution < 1.29 is 14.6 Å². The zero-order chi connectivity index (χ0) is 10.9. The minimum Gasteiger partial charge on any atom is -0.479 e. The highest BCUT2D eigenvalue weighted by Gasteiger charge is 2.31. The first-order valence-electron chi connectivity index (χ1n) is 4.87. The van der Waals surface area contributed by atoms with Crippen molar-refractivity contribution in [2.75, 3.05) is 6.79 Å². The average molecular weight is 206 g/mol. The van der Waals surface area contributed by atoms with E-state index in [2.05, 4.69) is 0 Å². The Labute approximate surface area is 88.9 Å². The first-order valence-corrected chi connectivity index (χ1v) is 4.87. The summed E-state index contributed by atoms with van der Waals surface area (Å²) in [5.74, 6) is 1.48. The van der Waals surface area contributed by atoms with E-state index in [1.165, 1.54) is 0 Å². The molecule has 0 radical (unpaired) electrons. The maximum Gasteiger partial charge on any atom is 0.186 e. The van der Waals surface area contributed by atoms with E-state index in [0.29, 0.717) is 5.76 Å². The quantitative estimate of drug-likeness (QED) is 0.754. The molecular formula is C12H14O3. The van der Waals surface area contributed by atoms with Crippen molar-refractivity contribution in [3.63, 3.8) is 0 Å². The Bertz CT molecular complexity index is 394. The summed E-state index contributed by atoms with van der Waals surface area (Å²) in [6.07, 6.45) is 1.90. The highest BCUT2D eigenvalue weighted by atomic mass is 16.6. The lowest BCUT2D eigenvalue weighted by Gasteiger charge is -2.32. The molecule has 3 heteroatoms. The summed E-state index contributed by atoms with van der Waals surface area (Å²) < 4.78 is 10.9. The lowest BCUT2D eigenvalue weighted by Crippen LogP contribution is -2.34. The fraction of sp³-hybridized carbons (Fsp3) is 0.333. The molecular weight excluding hydrogens is 192 g/mol. The Kier molecular flexibility index (Phi) is 2.40. The average Bonchev–Trinajstić information content (AvgIpc) is 2.18. The molecule has 1 aromatic rings. The first-order chi connectivity index (χ1) is 7.13. The van der Waals surface area contributed by atoms with Gasteiger partial charge in [-0.25, -0.2) is 0 Å². The molecule has 0 aliphatic carbocycles. The molecule has 0 bridgehead atoms. The Morgan fingerprint density at radius 1 is 1.33 bits per heavy atom. The van der Waals surface area contributed by atoms with Crippen molar-refractivity contribution in [1.29, 1.82) is 0 Å². The van der Waals surface area contributed by atoms with Crippen LogP contribution < -0.4 is 4.74 Å². The maximum atomic E-state index is 8.78. The third-order valence-corrected chi connectivity index (χ3v) is 2.38. The Morgan fingerprint density at radius 2 is 2.07 bits per heavy atom. The summed E-state index contributed by atoms with van der Waals surface area (Å²) in [6, 6.07) is 7.74. The van der Waals surface area contributed by atoms with E-state index >= 15 is 0 Å². The number of hydrogen-bond donors (Lipinski definition) is 1. The lowest BCUT2D eigenvalue weighted by molar-refractivity contribution is -0.0113. The van der Waals surface area contributed by atoms with E-state index < -0.39 is 5.60 Å². The van der Waals surface area contributed by atoms with Crippen molar-refractivity contribution in [3.8, 4) is 5.75 Å². The van der Waals surface area contributed by atoms with Crippen LogP contribution in [-0.2, 0) is 4.74 Å². The molecule has 0 saturated heterocycles. The molecule has 80 valence electrons. The zero-order valence-corrected chi connectivity index (χ0v) is 8.86. The van der Waals surface area contributed by atoms with E-state index in [1.807, 2.05) is 44.2 Å². The summed E-state index contributed by atoms with van der Waals surface area (Å²) in [7, 11) is 0. The number of fused-ring (bicyclic) bond motifs is 1. The van der Waals surface area contributed by atoms with Gasteiger partial charge in [-0.05, 0) is 26.0 Å². The van der Waals surface area contributed by atoms with Crippen molar-refractivity contribution >= 4 is 6.08 Å². The van der Waals surface area contributed by atoms with Gasteiger partial charge in [0.25, 0.3) is 0 Å². The van der Waals surface area contributed by atoms with Gasteiger partial charge < -0.3 is 14.6 Å². The summed E-state index contributed by atoms with van der Waals surface area (Å²) in [5.41, 5.74) is 0.442. The lowest BCUT2D eigenvalue weighted by atomic mass is 10.00. The maximum absolute atomic E-state index is 8.78. The van der Waals surface area contributed by atoms with E-state index in [4.69, 9.17) is 14.6 Å². The van der Waals surface area contributed by atoms with Gasteiger partial charge in [-0.2, -0.15) is 0 Å². The van der Waals surface area contributed by atoms with E-state index in [-0.39, 0.29) is 6.79 Å². The third kappa shape index (κ3) is 1.83. The second-order valence-electron chi connectivity index (χ2n) is 3.93. The van der Waals surface area contributed by atoms with Crippen molar-refractivity contribution in [3.05, 3.63) is 35.6 Å². The van der Waals surface area contributed by atoms with Crippen LogP contribution in [0.5, 0.6) is 5.75 Å². The third-order valence-electron chi connectivity index (χ3n) is 2.38. The highest BCUT2D eigenvalue weighted by molar-refractivity contribution is 5.62. The summed E-state index contributed by atoms with van der Waals surface area (Å²) >= 11 is 0. The van der Waals surface area contributed by atoms with Crippen LogP contribution in [0.3, 0.4) is 0 Å². The number of ether oxygens (including phenoxy) is 2. The number of para-hydroxylation sites is 1. The van der Waals surface area contributed by atoms with Crippen LogP contribution in [0.1, 0.15) is 19.4 Å². The SMILES string of the molecule is CC1(C)Oc2ccccc2C=C1OCO. The Hall–Kier alpha value is -1.48. The van der Waals surface area contributed by atoms with Crippen molar-refractivity contribution in [1.82, 2.24) is 0 Å². The number of rotatable bonds is 2. The van der Waals surface area contributed by atoms with Crippen LogP contribution in [0.4, 0.5) is 0 Å². The van der Waals surface area contributed by atoms with Gasteiger partial charge in [-0.1, -0.05) is 18.2 Å². The van der Waals surface area contributed by atoms with E-state index in [9.17, 15) is 0 Å². The van der Waals surface area contributed by atoms with Gasteiger partial charge in [0.1, 0.15) is 11.5 Å². The number of aliphatic hydroxyl groups is 1. The summed E-state index contributed by atoms with van der Waals surface area (Å²) in [5, 5.41) is 8.78. The van der Waals surface area contributed by atoms with Gasteiger partial charge in [-0.3, -0.25) is 0 Å². The fourth-order valence-electron chi connectivity index (χ4n) is 1.62. The van der Waals surface area contributed by atoms with Gasteiger partial charge in [0.15, 0.2) is 12.4 Å². The first kappa shape index (κ1) is 10.1. The molecule has 15 heavy (non-hydrogen) atoms. The monoisotopic (exact) mass is 206 g/mol. The number of benzene rings is 1. The Morgan fingerprint density at radius 3 is 2.80 bits per heavy atom. The molecule has 0 aromatic heterocycles. The molecule has 1 heterocycles. The molecule has 1 N–H and O–H groups in total. The number of aliphatic hydroxyl groups excluding tert-OH is 1. The van der Waals surface area contributed by atoms with E-state index in [0.717, 1.165) is 11.3 Å². The van der Waals surface area contributed by atoms with Gasteiger partial charge in [0.2, 0.25) is 0 Å². The fourth-order valence-corrected chi connectivity index (χ4v) is 1.62. The predicted octanol–water partition coefficient (Wildman–Crippen LogP) is 2.16. The van der Waals surface area contributed by atoms with Crippen molar-refractivity contribution in [2.24, 2.45) is 0 Å². The van der Waals surface area contributed by atoms with Gasteiger partial charge in [0.05, 0.1) is 0 Å². The molecule has 0 fully saturated rings. The molecule has 0 unspecified atom stereocenters. The number of hydrogen-bond acceptors (Lipinski definition) is 3. The molecule has 0 amide bonds. The second-order valence-corrected chi connectivity index (χ2v) is 3.93. The van der Waals surface area contributed by atoms with Crippen LogP contribution in [-0.4, -0.2) is 17.5 Å². The van der Waals surface area contributed by atoms with Gasteiger partial charge in [0, 0.05) is 5.56 Å². The molecule has 1 aliphatic rings. The van der Waals surface area contributed by atoms with Crippen LogP contribution in [0.15, 0.2) is 30.0 Å². The van der Waals surface area contributed by atoms with Crippen LogP contribution in [0.2, 0.25) is 0 Å². The minimum absolute atomic E-state index is 0.333. The van der Waals surface area contributed by atoms with Crippen LogP contribution >= 0.6 is 0 Å². The topological polar surface area (TPSA) is 38.7 Å². The minimum atomic E-state index is -0.531. The van der Waals surface area contributed by atoms with E-state index in [1.54, 1.807) is 0 Å². The molecule has 1 aliphatic heterocycles. The second kappa shape index (κ2) is 3.59.